The molecule has 0 spiro atoms. The maximum Gasteiger partial charge on any atom is 0.252 e. The summed E-state index contributed by atoms with van der Waals surface area (Å²) in [7, 11) is 1.56. The van der Waals surface area contributed by atoms with Gasteiger partial charge in [-0.1, -0.05) is 24.3 Å². The van der Waals surface area contributed by atoms with E-state index < -0.39 is 5.60 Å². The number of benzene rings is 2. The Morgan fingerprint density at radius 3 is 2.79 bits per heavy atom. The minimum Gasteiger partial charge on any atom is -0.497 e. The SMILES string of the molecule is COc1ccc(Br)c(C(=O)NC[C@@]2(O)CCc3ccccc3C2)c1. The molecular formula is C19H20BrNO3. The summed E-state index contributed by atoms with van der Waals surface area (Å²) in [6, 6.07) is 13.4. The number of carbonyl (C=O) groups is 1. The first-order valence-electron chi connectivity index (χ1n) is 7.92. The Hall–Kier alpha value is -1.85. The minimum atomic E-state index is -0.907. The van der Waals surface area contributed by atoms with Crippen LogP contribution in [0.1, 0.15) is 27.9 Å². The molecule has 2 N–H and O–H groups in total. The summed E-state index contributed by atoms with van der Waals surface area (Å²) in [4.78, 5) is 12.5. The number of ether oxygens (including phenoxy) is 1. The van der Waals surface area contributed by atoms with Crippen molar-refractivity contribution in [1.29, 1.82) is 0 Å². The topological polar surface area (TPSA) is 58.6 Å². The quantitative estimate of drug-likeness (QED) is 0.844. The van der Waals surface area contributed by atoms with Crippen molar-refractivity contribution < 1.29 is 14.6 Å². The van der Waals surface area contributed by atoms with Gasteiger partial charge in [0.15, 0.2) is 0 Å². The summed E-state index contributed by atoms with van der Waals surface area (Å²) < 4.78 is 5.86. The lowest BCUT2D eigenvalue weighted by Crippen LogP contribution is -2.46. The summed E-state index contributed by atoms with van der Waals surface area (Å²) in [6.07, 6.45) is 2.03. The maximum atomic E-state index is 12.5. The first kappa shape index (κ1) is 17.0. The summed E-state index contributed by atoms with van der Waals surface area (Å²) >= 11 is 3.38. The maximum absolute atomic E-state index is 12.5. The fraction of sp³-hybridized carbons (Fsp3) is 0.316. The van der Waals surface area contributed by atoms with Crippen LogP contribution in [0.4, 0.5) is 0 Å². The second-order valence-electron chi connectivity index (χ2n) is 6.20. The van der Waals surface area contributed by atoms with Gasteiger partial charge in [-0.3, -0.25) is 4.79 Å². The number of hydrogen-bond donors (Lipinski definition) is 2. The molecule has 3 rings (SSSR count). The van der Waals surface area contributed by atoms with Gasteiger partial charge in [-0.05, 0) is 58.1 Å². The second-order valence-corrected chi connectivity index (χ2v) is 7.05. The van der Waals surface area contributed by atoms with Crippen LogP contribution in [0.15, 0.2) is 46.9 Å². The van der Waals surface area contributed by atoms with E-state index in [0.717, 1.165) is 12.0 Å². The first-order valence-corrected chi connectivity index (χ1v) is 8.71. The molecule has 24 heavy (non-hydrogen) atoms. The van der Waals surface area contributed by atoms with E-state index in [4.69, 9.17) is 4.74 Å². The molecule has 2 aromatic carbocycles. The van der Waals surface area contributed by atoms with Gasteiger partial charge in [0.1, 0.15) is 5.75 Å². The zero-order valence-corrected chi connectivity index (χ0v) is 15.1. The van der Waals surface area contributed by atoms with Crippen LogP contribution in [0, 0.1) is 0 Å². The van der Waals surface area contributed by atoms with Crippen molar-refractivity contribution in [2.24, 2.45) is 0 Å². The molecule has 0 bridgehead atoms. The van der Waals surface area contributed by atoms with Crippen LogP contribution in [0.5, 0.6) is 5.75 Å². The summed E-state index contributed by atoms with van der Waals surface area (Å²) in [5.41, 5.74) is 2.02. The molecule has 126 valence electrons. The fourth-order valence-corrected chi connectivity index (χ4v) is 3.51. The zero-order chi connectivity index (χ0) is 17.2. The third-order valence-corrected chi connectivity index (χ3v) is 5.19. The van der Waals surface area contributed by atoms with E-state index in [1.165, 1.54) is 5.56 Å². The van der Waals surface area contributed by atoms with E-state index in [0.29, 0.717) is 28.6 Å². The molecule has 5 heteroatoms. The van der Waals surface area contributed by atoms with Crippen LogP contribution >= 0.6 is 15.9 Å². The van der Waals surface area contributed by atoms with Crippen LogP contribution in [-0.2, 0) is 12.8 Å². The standard InChI is InChI=1S/C19H20BrNO3/c1-24-15-6-7-17(20)16(10-15)18(22)21-12-19(23)9-8-13-4-2-3-5-14(13)11-19/h2-7,10,23H,8-9,11-12H2,1H3,(H,21,22)/t19-/m1/s1. The third kappa shape index (κ3) is 3.62. The van der Waals surface area contributed by atoms with E-state index in [2.05, 4.69) is 27.3 Å². The fourth-order valence-electron chi connectivity index (χ4n) is 3.08. The van der Waals surface area contributed by atoms with Gasteiger partial charge < -0.3 is 15.2 Å². The van der Waals surface area contributed by atoms with Crippen molar-refractivity contribution in [3.05, 3.63) is 63.6 Å². The highest BCUT2D eigenvalue weighted by Gasteiger charge is 2.32. The summed E-state index contributed by atoms with van der Waals surface area (Å²) in [6.45, 7) is 0.226. The highest BCUT2D eigenvalue weighted by Crippen LogP contribution is 2.28. The summed E-state index contributed by atoms with van der Waals surface area (Å²) in [5.74, 6) is 0.390. The summed E-state index contributed by atoms with van der Waals surface area (Å²) in [5, 5.41) is 13.7. The molecule has 0 aliphatic heterocycles. The molecule has 0 saturated heterocycles. The van der Waals surface area contributed by atoms with Crippen LogP contribution in [0.25, 0.3) is 0 Å². The van der Waals surface area contributed by atoms with Crippen LogP contribution in [0.3, 0.4) is 0 Å². The number of rotatable bonds is 4. The molecule has 1 aliphatic carbocycles. The molecule has 1 amide bonds. The van der Waals surface area contributed by atoms with E-state index in [1.54, 1.807) is 25.3 Å². The van der Waals surface area contributed by atoms with E-state index >= 15 is 0 Å². The Morgan fingerprint density at radius 2 is 2.04 bits per heavy atom. The van der Waals surface area contributed by atoms with Crippen molar-refractivity contribution in [1.82, 2.24) is 5.32 Å². The first-order chi connectivity index (χ1) is 11.5. The number of carbonyl (C=O) groups excluding carboxylic acids is 1. The molecule has 1 aliphatic rings. The van der Waals surface area contributed by atoms with Crippen molar-refractivity contribution in [3.63, 3.8) is 0 Å². The average molecular weight is 390 g/mol. The number of aliphatic hydroxyl groups is 1. The largest absolute Gasteiger partial charge is 0.497 e. The van der Waals surface area contributed by atoms with Gasteiger partial charge in [-0.25, -0.2) is 0 Å². The van der Waals surface area contributed by atoms with Crippen molar-refractivity contribution in [2.75, 3.05) is 13.7 Å². The number of halogens is 1. The van der Waals surface area contributed by atoms with E-state index in [9.17, 15) is 9.90 Å². The minimum absolute atomic E-state index is 0.226. The highest BCUT2D eigenvalue weighted by atomic mass is 79.9. The Kier molecular flexibility index (Phi) is 4.92. The number of nitrogens with one attached hydrogen (secondary N) is 1. The second kappa shape index (κ2) is 6.95. The Bertz CT molecular complexity index is 762. The predicted molar refractivity (Wildman–Crippen MR) is 96.4 cm³/mol. The molecule has 0 saturated carbocycles. The van der Waals surface area contributed by atoms with E-state index in [-0.39, 0.29) is 12.5 Å². The van der Waals surface area contributed by atoms with E-state index in [1.807, 2.05) is 18.2 Å². The predicted octanol–water partition coefficient (Wildman–Crippen LogP) is 3.11. The molecule has 0 fully saturated rings. The third-order valence-electron chi connectivity index (χ3n) is 4.49. The van der Waals surface area contributed by atoms with Crippen LogP contribution < -0.4 is 10.1 Å². The molecule has 0 aromatic heterocycles. The number of methoxy groups -OCH3 is 1. The number of hydrogen-bond acceptors (Lipinski definition) is 3. The van der Waals surface area contributed by atoms with Crippen LogP contribution in [0.2, 0.25) is 0 Å². The molecule has 0 heterocycles. The molecule has 4 nitrogen and oxygen atoms in total. The highest BCUT2D eigenvalue weighted by molar-refractivity contribution is 9.10. The Balaban J connectivity index is 1.68. The number of aryl methyl sites for hydroxylation is 1. The smallest absolute Gasteiger partial charge is 0.252 e. The number of fused-ring (bicyclic) bond motifs is 1. The van der Waals surface area contributed by atoms with Gasteiger partial charge in [0.05, 0.1) is 18.3 Å². The lowest BCUT2D eigenvalue weighted by Gasteiger charge is -2.33. The molecular weight excluding hydrogens is 370 g/mol. The van der Waals surface area contributed by atoms with Gasteiger partial charge in [0.25, 0.3) is 5.91 Å². The molecule has 1 atom stereocenters. The monoisotopic (exact) mass is 389 g/mol. The van der Waals surface area contributed by atoms with Crippen molar-refractivity contribution in [2.45, 2.75) is 24.9 Å². The number of amides is 1. The Morgan fingerprint density at radius 1 is 1.29 bits per heavy atom. The van der Waals surface area contributed by atoms with Gasteiger partial charge in [0, 0.05) is 17.4 Å². The van der Waals surface area contributed by atoms with Gasteiger partial charge >= 0.3 is 0 Å². The average Bonchev–Trinajstić information content (AvgIpc) is 2.60. The normalized spacial score (nSPS) is 19.5. The molecule has 2 aromatic rings. The van der Waals surface area contributed by atoms with Crippen molar-refractivity contribution in [3.8, 4) is 5.75 Å². The van der Waals surface area contributed by atoms with Crippen LogP contribution in [-0.4, -0.2) is 30.3 Å². The Labute approximate surface area is 150 Å². The molecule has 0 unspecified atom stereocenters. The van der Waals surface area contributed by atoms with Gasteiger partial charge in [-0.15, -0.1) is 0 Å². The molecule has 0 radical (unpaired) electrons. The lowest BCUT2D eigenvalue weighted by molar-refractivity contribution is 0.0260. The zero-order valence-electron chi connectivity index (χ0n) is 13.5. The van der Waals surface area contributed by atoms with Gasteiger partial charge in [0.2, 0.25) is 0 Å². The lowest BCUT2D eigenvalue weighted by atomic mass is 9.80. The van der Waals surface area contributed by atoms with Crippen molar-refractivity contribution >= 4 is 21.8 Å². The van der Waals surface area contributed by atoms with Gasteiger partial charge in [-0.2, -0.15) is 0 Å².